The van der Waals surface area contributed by atoms with Crippen LogP contribution in [0.25, 0.3) is 17.2 Å². The summed E-state index contributed by atoms with van der Waals surface area (Å²) in [6.07, 6.45) is 1.65. The summed E-state index contributed by atoms with van der Waals surface area (Å²) in [6, 6.07) is 13.2. The fourth-order valence-corrected chi connectivity index (χ4v) is 2.22. The Labute approximate surface area is 133 Å². The minimum atomic E-state index is -0.443. The van der Waals surface area contributed by atoms with Gasteiger partial charge in [-0.25, -0.2) is 14.8 Å². The summed E-state index contributed by atoms with van der Waals surface area (Å²) >= 11 is 0. The number of ether oxygens (including phenoxy) is 1. The number of esters is 1. The molecule has 116 valence electrons. The Morgan fingerprint density at radius 1 is 1.22 bits per heavy atom. The smallest absolute Gasteiger partial charge is 0.357 e. The molecular formula is C17H16N4O2. The van der Waals surface area contributed by atoms with E-state index < -0.39 is 5.97 Å². The van der Waals surface area contributed by atoms with Gasteiger partial charge in [-0.15, -0.1) is 0 Å². The molecule has 0 aliphatic heterocycles. The highest BCUT2D eigenvalue weighted by molar-refractivity contribution is 5.88. The average molecular weight is 308 g/mol. The van der Waals surface area contributed by atoms with Crippen LogP contribution in [-0.2, 0) is 4.74 Å². The van der Waals surface area contributed by atoms with Gasteiger partial charge in [0, 0.05) is 11.8 Å². The Balaban J connectivity index is 2.05. The highest BCUT2D eigenvalue weighted by Crippen LogP contribution is 2.18. The van der Waals surface area contributed by atoms with E-state index in [9.17, 15) is 4.79 Å². The molecule has 2 heterocycles. The van der Waals surface area contributed by atoms with Crippen molar-refractivity contribution < 1.29 is 9.53 Å². The van der Waals surface area contributed by atoms with Crippen LogP contribution >= 0.6 is 0 Å². The predicted molar refractivity (Wildman–Crippen MR) is 85.3 cm³/mol. The molecule has 0 aliphatic rings. The van der Waals surface area contributed by atoms with Crippen LogP contribution in [0.4, 0.5) is 0 Å². The number of hydrogen-bond acceptors (Lipinski definition) is 5. The molecule has 0 fully saturated rings. The fourth-order valence-electron chi connectivity index (χ4n) is 2.22. The molecule has 0 bridgehead atoms. The van der Waals surface area contributed by atoms with Crippen molar-refractivity contribution in [3.63, 3.8) is 0 Å². The zero-order valence-electron chi connectivity index (χ0n) is 12.9. The zero-order valence-corrected chi connectivity index (χ0v) is 12.9. The van der Waals surface area contributed by atoms with E-state index in [4.69, 9.17) is 4.74 Å². The second-order valence-corrected chi connectivity index (χ2v) is 4.91. The Morgan fingerprint density at radius 3 is 2.74 bits per heavy atom. The monoisotopic (exact) mass is 308 g/mol. The first kappa shape index (κ1) is 14.9. The molecule has 2 aromatic heterocycles. The average Bonchev–Trinajstić information content (AvgIpc) is 2.98. The van der Waals surface area contributed by atoms with Crippen LogP contribution in [0.15, 0.2) is 48.7 Å². The molecule has 0 saturated carbocycles. The lowest BCUT2D eigenvalue weighted by Gasteiger charge is -2.07. The number of hydrogen-bond donors (Lipinski definition) is 0. The normalized spacial score (nSPS) is 10.5. The first-order valence-electron chi connectivity index (χ1n) is 7.31. The number of rotatable bonds is 4. The maximum Gasteiger partial charge on any atom is 0.357 e. The molecule has 6 heteroatoms. The van der Waals surface area contributed by atoms with Crippen molar-refractivity contribution in [1.29, 1.82) is 0 Å². The van der Waals surface area contributed by atoms with Crippen LogP contribution in [0, 0.1) is 6.92 Å². The number of carbonyl (C=O) groups is 1. The molecule has 3 aromatic rings. The van der Waals surface area contributed by atoms with Gasteiger partial charge >= 0.3 is 5.97 Å². The summed E-state index contributed by atoms with van der Waals surface area (Å²) in [5.74, 6) is -0.107. The third-order valence-electron chi connectivity index (χ3n) is 3.22. The molecule has 0 N–H and O–H groups in total. The van der Waals surface area contributed by atoms with E-state index in [0.717, 1.165) is 11.3 Å². The van der Waals surface area contributed by atoms with Gasteiger partial charge in [-0.2, -0.15) is 9.78 Å². The van der Waals surface area contributed by atoms with Crippen LogP contribution < -0.4 is 0 Å². The summed E-state index contributed by atoms with van der Waals surface area (Å²) in [5, 5.41) is 4.31. The number of carbonyl (C=O) groups excluding carboxylic acids is 1. The molecule has 6 nitrogen and oxygen atoms in total. The van der Waals surface area contributed by atoms with Gasteiger partial charge in [-0.05, 0) is 26.0 Å². The van der Waals surface area contributed by atoms with E-state index in [2.05, 4.69) is 15.1 Å². The van der Waals surface area contributed by atoms with Gasteiger partial charge in [-0.3, -0.25) is 0 Å². The van der Waals surface area contributed by atoms with Crippen molar-refractivity contribution in [2.24, 2.45) is 0 Å². The van der Waals surface area contributed by atoms with Crippen LogP contribution in [0.5, 0.6) is 0 Å². The van der Waals surface area contributed by atoms with Gasteiger partial charge in [0.25, 0.3) is 5.95 Å². The quantitative estimate of drug-likeness (QED) is 0.693. The summed E-state index contributed by atoms with van der Waals surface area (Å²) in [6.45, 7) is 3.87. The van der Waals surface area contributed by atoms with Gasteiger partial charge in [0.05, 0.1) is 18.0 Å². The van der Waals surface area contributed by atoms with Gasteiger partial charge in [0.15, 0.2) is 5.69 Å². The predicted octanol–water partition coefficient (Wildman–Crippen LogP) is 2.81. The Bertz CT molecular complexity index is 828. The van der Waals surface area contributed by atoms with Crippen LogP contribution in [0.2, 0.25) is 0 Å². The van der Waals surface area contributed by atoms with Gasteiger partial charge in [-0.1, -0.05) is 30.3 Å². The molecular weight excluding hydrogens is 292 g/mol. The number of nitrogens with zero attached hydrogens (tertiary/aromatic N) is 4. The van der Waals surface area contributed by atoms with E-state index in [1.165, 1.54) is 4.68 Å². The Morgan fingerprint density at radius 2 is 2.00 bits per heavy atom. The highest BCUT2D eigenvalue weighted by atomic mass is 16.5. The molecule has 0 radical (unpaired) electrons. The lowest BCUT2D eigenvalue weighted by atomic mass is 10.1. The third-order valence-corrected chi connectivity index (χ3v) is 3.22. The lowest BCUT2D eigenvalue weighted by molar-refractivity contribution is 0.0515. The SMILES string of the molecule is CCOC(=O)c1cc(C)nn1-c1nccc(-c2ccccc2)n1. The highest BCUT2D eigenvalue weighted by Gasteiger charge is 2.18. The van der Waals surface area contributed by atoms with Crippen LogP contribution in [0.3, 0.4) is 0 Å². The van der Waals surface area contributed by atoms with Crippen LogP contribution in [0.1, 0.15) is 23.1 Å². The van der Waals surface area contributed by atoms with Crippen molar-refractivity contribution in [3.05, 3.63) is 60.0 Å². The van der Waals surface area contributed by atoms with Crippen LogP contribution in [-0.4, -0.2) is 32.3 Å². The maximum atomic E-state index is 12.1. The molecule has 0 spiro atoms. The molecule has 0 aliphatic carbocycles. The van der Waals surface area contributed by atoms with Gasteiger partial charge < -0.3 is 4.74 Å². The van der Waals surface area contributed by atoms with Gasteiger partial charge in [0.1, 0.15) is 0 Å². The van der Waals surface area contributed by atoms with E-state index >= 15 is 0 Å². The number of aryl methyl sites for hydroxylation is 1. The zero-order chi connectivity index (χ0) is 16.2. The summed E-state index contributed by atoms with van der Waals surface area (Å²) in [7, 11) is 0. The maximum absolute atomic E-state index is 12.1. The third kappa shape index (κ3) is 3.11. The second kappa shape index (κ2) is 6.39. The van der Waals surface area contributed by atoms with Crippen molar-refractivity contribution in [2.75, 3.05) is 6.61 Å². The van der Waals surface area contributed by atoms with E-state index in [1.807, 2.05) is 36.4 Å². The molecule has 0 atom stereocenters. The lowest BCUT2D eigenvalue weighted by Crippen LogP contribution is -2.14. The molecule has 0 amide bonds. The molecule has 0 unspecified atom stereocenters. The van der Waals surface area contributed by atoms with E-state index in [1.54, 1.807) is 26.1 Å². The standard InChI is InChI=1S/C17H16N4O2/c1-3-23-16(22)15-11-12(2)20-21(15)17-18-10-9-14(19-17)13-7-5-4-6-8-13/h4-11H,3H2,1-2H3. The van der Waals surface area contributed by atoms with Crippen molar-refractivity contribution in [2.45, 2.75) is 13.8 Å². The largest absolute Gasteiger partial charge is 0.461 e. The number of benzene rings is 1. The molecule has 1 aromatic carbocycles. The van der Waals surface area contributed by atoms with Crippen molar-refractivity contribution >= 4 is 5.97 Å². The van der Waals surface area contributed by atoms with E-state index in [0.29, 0.717) is 23.9 Å². The van der Waals surface area contributed by atoms with Gasteiger partial charge in [0.2, 0.25) is 0 Å². The van der Waals surface area contributed by atoms with Crippen molar-refractivity contribution in [3.8, 4) is 17.2 Å². The first-order chi connectivity index (χ1) is 11.2. The Hall–Kier alpha value is -3.02. The second-order valence-electron chi connectivity index (χ2n) is 4.91. The Kier molecular flexibility index (Phi) is 4.14. The molecule has 3 rings (SSSR count). The first-order valence-corrected chi connectivity index (χ1v) is 7.31. The minimum absolute atomic E-state index is 0.300. The van der Waals surface area contributed by atoms with E-state index in [-0.39, 0.29) is 0 Å². The molecule has 0 saturated heterocycles. The summed E-state index contributed by atoms with van der Waals surface area (Å²) < 4.78 is 6.48. The molecule has 23 heavy (non-hydrogen) atoms. The summed E-state index contributed by atoms with van der Waals surface area (Å²) in [5.41, 5.74) is 2.74. The topological polar surface area (TPSA) is 69.9 Å². The minimum Gasteiger partial charge on any atom is -0.461 e. The summed E-state index contributed by atoms with van der Waals surface area (Å²) in [4.78, 5) is 20.8. The number of aromatic nitrogens is 4. The fraction of sp³-hybridized carbons (Fsp3) is 0.176. The van der Waals surface area contributed by atoms with Crippen molar-refractivity contribution in [1.82, 2.24) is 19.7 Å².